The normalized spacial score (nSPS) is 20.5. The standard InChI is InChI=1S/C17H26N2O4/c1-17(2,3)23-16(21)19-13-8-12(9-13)18-10-11-5-6-14(20)15(7-11)22-4/h5-7,12-13,18,20H,8-10H2,1-4H3,(H,19,21). The first-order valence-corrected chi connectivity index (χ1v) is 7.85. The molecule has 0 aliphatic heterocycles. The Morgan fingerprint density at radius 3 is 2.61 bits per heavy atom. The molecule has 1 amide bonds. The number of hydrogen-bond donors (Lipinski definition) is 3. The van der Waals surface area contributed by atoms with Gasteiger partial charge in [0.2, 0.25) is 0 Å². The van der Waals surface area contributed by atoms with Gasteiger partial charge >= 0.3 is 6.09 Å². The predicted octanol–water partition coefficient (Wildman–Crippen LogP) is 2.55. The zero-order chi connectivity index (χ0) is 17.0. The molecule has 6 heteroatoms. The van der Waals surface area contributed by atoms with Crippen molar-refractivity contribution in [2.24, 2.45) is 0 Å². The van der Waals surface area contributed by atoms with Gasteiger partial charge in [-0.1, -0.05) is 6.07 Å². The van der Waals surface area contributed by atoms with E-state index in [1.807, 2.05) is 32.9 Å². The second-order valence-corrected chi connectivity index (χ2v) is 6.90. The molecule has 1 saturated carbocycles. The Labute approximate surface area is 137 Å². The van der Waals surface area contributed by atoms with Crippen molar-refractivity contribution in [3.8, 4) is 11.5 Å². The van der Waals surface area contributed by atoms with Gasteiger partial charge in [-0.2, -0.15) is 0 Å². The molecule has 0 aromatic heterocycles. The number of phenols is 1. The van der Waals surface area contributed by atoms with Crippen molar-refractivity contribution in [3.05, 3.63) is 23.8 Å². The molecular weight excluding hydrogens is 296 g/mol. The summed E-state index contributed by atoms with van der Waals surface area (Å²) in [5, 5.41) is 15.9. The van der Waals surface area contributed by atoms with E-state index in [1.165, 1.54) is 7.11 Å². The maximum Gasteiger partial charge on any atom is 0.407 e. The van der Waals surface area contributed by atoms with Crippen LogP contribution in [0, 0.1) is 0 Å². The number of methoxy groups -OCH3 is 1. The van der Waals surface area contributed by atoms with E-state index in [4.69, 9.17) is 9.47 Å². The number of ether oxygens (including phenoxy) is 2. The number of benzene rings is 1. The van der Waals surface area contributed by atoms with Crippen LogP contribution in [0.4, 0.5) is 4.79 Å². The SMILES string of the molecule is COc1cc(CNC2CC(NC(=O)OC(C)(C)C)C2)ccc1O. The van der Waals surface area contributed by atoms with Crippen LogP contribution in [0.1, 0.15) is 39.2 Å². The molecule has 23 heavy (non-hydrogen) atoms. The summed E-state index contributed by atoms with van der Waals surface area (Å²) < 4.78 is 10.3. The molecule has 0 bridgehead atoms. The summed E-state index contributed by atoms with van der Waals surface area (Å²) in [5.74, 6) is 0.615. The largest absolute Gasteiger partial charge is 0.504 e. The molecule has 1 aliphatic rings. The highest BCUT2D eigenvalue weighted by molar-refractivity contribution is 5.68. The minimum Gasteiger partial charge on any atom is -0.504 e. The maximum absolute atomic E-state index is 11.7. The number of alkyl carbamates (subject to hydrolysis) is 1. The van der Waals surface area contributed by atoms with Gasteiger partial charge in [-0.15, -0.1) is 0 Å². The van der Waals surface area contributed by atoms with Gasteiger partial charge in [-0.05, 0) is 51.3 Å². The summed E-state index contributed by atoms with van der Waals surface area (Å²) in [4.78, 5) is 11.7. The molecule has 1 aromatic carbocycles. The first-order valence-electron chi connectivity index (χ1n) is 7.85. The second-order valence-electron chi connectivity index (χ2n) is 6.90. The highest BCUT2D eigenvalue weighted by Gasteiger charge is 2.31. The van der Waals surface area contributed by atoms with Gasteiger partial charge in [0.1, 0.15) is 5.60 Å². The second kappa shape index (κ2) is 7.08. The third kappa shape index (κ3) is 5.32. The van der Waals surface area contributed by atoms with E-state index in [-0.39, 0.29) is 17.9 Å². The van der Waals surface area contributed by atoms with Crippen LogP contribution >= 0.6 is 0 Å². The number of amides is 1. The number of aromatic hydroxyl groups is 1. The lowest BCUT2D eigenvalue weighted by molar-refractivity contribution is 0.0465. The Morgan fingerprint density at radius 1 is 1.30 bits per heavy atom. The lowest BCUT2D eigenvalue weighted by Crippen LogP contribution is -2.52. The molecular formula is C17H26N2O4. The molecule has 1 fully saturated rings. The summed E-state index contributed by atoms with van der Waals surface area (Å²) in [7, 11) is 1.53. The summed E-state index contributed by atoms with van der Waals surface area (Å²) in [6.45, 7) is 6.25. The number of nitrogens with one attached hydrogen (secondary N) is 2. The molecule has 0 radical (unpaired) electrons. The summed E-state index contributed by atoms with van der Waals surface area (Å²) in [6.07, 6.45) is 1.41. The van der Waals surface area contributed by atoms with Crippen molar-refractivity contribution in [2.75, 3.05) is 7.11 Å². The molecule has 0 unspecified atom stereocenters. The van der Waals surface area contributed by atoms with Crippen molar-refractivity contribution in [1.29, 1.82) is 0 Å². The lowest BCUT2D eigenvalue weighted by Gasteiger charge is -2.36. The van der Waals surface area contributed by atoms with Crippen molar-refractivity contribution in [1.82, 2.24) is 10.6 Å². The molecule has 0 heterocycles. The van der Waals surface area contributed by atoms with Crippen LogP contribution in [-0.2, 0) is 11.3 Å². The van der Waals surface area contributed by atoms with Gasteiger partial charge in [-0.3, -0.25) is 0 Å². The highest BCUT2D eigenvalue weighted by Crippen LogP contribution is 2.27. The molecule has 0 saturated heterocycles. The van der Waals surface area contributed by atoms with Gasteiger partial charge in [0.05, 0.1) is 7.11 Å². The van der Waals surface area contributed by atoms with Crippen molar-refractivity contribution in [2.45, 2.75) is 57.8 Å². The Balaban J connectivity index is 1.69. The van der Waals surface area contributed by atoms with Gasteiger partial charge in [0.25, 0.3) is 0 Å². The van der Waals surface area contributed by atoms with Crippen LogP contribution in [0.5, 0.6) is 11.5 Å². The number of hydrogen-bond acceptors (Lipinski definition) is 5. The monoisotopic (exact) mass is 322 g/mol. The average molecular weight is 322 g/mol. The number of rotatable bonds is 5. The third-order valence-corrected chi connectivity index (χ3v) is 3.70. The quantitative estimate of drug-likeness (QED) is 0.776. The van der Waals surface area contributed by atoms with Crippen LogP contribution in [0.2, 0.25) is 0 Å². The van der Waals surface area contributed by atoms with E-state index >= 15 is 0 Å². The van der Waals surface area contributed by atoms with E-state index in [2.05, 4.69) is 10.6 Å². The number of phenolic OH excluding ortho intramolecular Hbond substituents is 1. The zero-order valence-corrected chi connectivity index (χ0v) is 14.2. The van der Waals surface area contributed by atoms with Crippen LogP contribution in [0.3, 0.4) is 0 Å². The number of carbonyl (C=O) groups excluding carboxylic acids is 1. The molecule has 3 N–H and O–H groups in total. The zero-order valence-electron chi connectivity index (χ0n) is 14.2. The fourth-order valence-electron chi connectivity index (χ4n) is 2.47. The van der Waals surface area contributed by atoms with Gasteiger partial charge in [-0.25, -0.2) is 4.79 Å². The van der Waals surface area contributed by atoms with Crippen molar-refractivity contribution >= 4 is 6.09 Å². The van der Waals surface area contributed by atoms with E-state index in [0.717, 1.165) is 18.4 Å². The summed E-state index contributed by atoms with van der Waals surface area (Å²) in [5.41, 5.74) is 0.576. The van der Waals surface area contributed by atoms with Crippen LogP contribution < -0.4 is 15.4 Å². The topological polar surface area (TPSA) is 79.8 Å². The smallest absolute Gasteiger partial charge is 0.407 e. The fourth-order valence-corrected chi connectivity index (χ4v) is 2.47. The maximum atomic E-state index is 11.7. The van der Waals surface area contributed by atoms with Gasteiger partial charge < -0.3 is 25.2 Å². The molecule has 1 aromatic rings. The first kappa shape index (κ1) is 17.4. The minimum absolute atomic E-state index is 0.140. The van der Waals surface area contributed by atoms with E-state index in [0.29, 0.717) is 18.3 Å². The molecule has 0 spiro atoms. The fraction of sp³-hybridized carbons (Fsp3) is 0.588. The predicted molar refractivity (Wildman–Crippen MR) is 87.7 cm³/mol. The summed E-state index contributed by atoms with van der Waals surface area (Å²) in [6, 6.07) is 5.84. The molecule has 6 nitrogen and oxygen atoms in total. The van der Waals surface area contributed by atoms with Crippen LogP contribution in [-0.4, -0.2) is 36.0 Å². The van der Waals surface area contributed by atoms with Gasteiger partial charge in [0.15, 0.2) is 11.5 Å². The van der Waals surface area contributed by atoms with Crippen molar-refractivity contribution in [3.63, 3.8) is 0 Å². The Morgan fingerprint density at radius 2 is 2.00 bits per heavy atom. The Kier molecular flexibility index (Phi) is 5.36. The van der Waals surface area contributed by atoms with E-state index < -0.39 is 5.60 Å². The van der Waals surface area contributed by atoms with Crippen LogP contribution in [0.25, 0.3) is 0 Å². The average Bonchev–Trinajstić information content (AvgIpc) is 2.40. The molecule has 128 valence electrons. The van der Waals surface area contributed by atoms with E-state index in [9.17, 15) is 9.90 Å². The Bertz CT molecular complexity index is 548. The lowest BCUT2D eigenvalue weighted by atomic mass is 9.86. The Hall–Kier alpha value is -1.95. The highest BCUT2D eigenvalue weighted by atomic mass is 16.6. The molecule has 2 rings (SSSR count). The molecule has 0 atom stereocenters. The van der Waals surface area contributed by atoms with E-state index in [1.54, 1.807) is 6.07 Å². The van der Waals surface area contributed by atoms with Crippen LogP contribution in [0.15, 0.2) is 18.2 Å². The van der Waals surface area contributed by atoms with Gasteiger partial charge in [0, 0.05) is 18.6 Å². The summed E-state index contributed by atoms with van der Waals surface area (Å²) >= 11 is 0. The first-order chi connectivity index (χ1) is 10.8. The minimum atomic E-state index is -0.469. The molecule has 1 aliphatic carbocycles. The number of carbonyl (C=O) groups is 1. The third-order valence-electron chi connectivity index (χ3n) is 3.70. The van der Waals surface area contributed by atoms with Crippen molar-refractivity contribution < 1.29 is 19.4 Å².